The summed E-state index contributed by atoms with van der Waals surface area (Å²) in [6, 6.07) is 6.50. The summed E-state index contributed by atoms with van der Waals surface area (Å²) < 4.78 is 1.91. The first-order valence-corrected chi connectivity index (χ1v) is 29.2. The number of thiazole rings is 1. The fraction of sp³-hybridized carbons (Fsp3) is 0.444. The summed E-state index contributed by atoms with van der Waals surface area (Å²) in [4.78, 5) is 129. The second kappa shape index (κ2) is 23.6. The first kappa shape index (κ1) is 57.6. The number of aliphatic hydroxyl groups is 1. The number of primary amides is 1. The van der Waals surface area contributed by atoms with Crippen LogP contribution in [-0.4, -0.2) is 167 Å². The number of hydrogen-bond donors (Lipinski definition) is 6. The highest BCUT2D eigenvalue weighted by Gasteiger charge is 2.46. The first-order valence-electron chi connectivity index (χ1n) is 26.0. The number of fused-ring (bicyclic) bond motifs is 5. The van der Waals surface area contributed by atoms with Gasteiger partial charge in [0.15, 0.2) is 5.82 Å². The van der Waals surface area contributed by atoms with Gasteiger partial charge in [-0.3, -0.25) is 47.9 Å². The molecule has 22 nitrogen and oxygen atoms in total. The molecule has 4 aliphatic heterocycles. The Hall–Kier alpha value is -7.06. The fourth-order valence-corrected chi connectivity index (χ4v) is 13.3. The number of nitrogens with zero attached hydrogens (tertiary/aromatic N) is 8. The van der Waals surface area contributed by atoms with E-state index in [1.807, 2.05) is 44.4 Å². The third-order valence-electron chi connectivity index (χ3n) is 14.8. The lowest BCUT2D eigenvalue weighted by Gasteiger charge is -2.41. The maximum atomic E-state index is 14.8. The molecule has 4 aliphatic rings. The van der Waals surface area contributed by atoms with Crippen LogP contribution in [0.25, 0.3) is 15.4 Å². The van der Waals surface area contributed by atoms with E-state index in [2.05, 4.69) is 36.4 Å². The molecule has 7 heterocycles. The van der Waals surface area contributed by atoms with Crippen LogP contribution in [0, 0.1) is 33.1 Å². The van der Waals surface area contributed by atoms with Crippen molar-refractivity contribution in [3.05, 3.63) is 104 Å². The van der Waals surface area contributed by atoms with Crippen LogP contribution in [0.15, 0.2) is 59.0 Å². The van der Waals surface area contributed by atoms with E-state index in [9.17, 15) is 43.5 Å². The van der Waals surface area contributed by atoms with Gasteiger partial charge in [-0.15, -0.1) is 44.6 Å². The summed E-state index contributed by atoms with van der Waals surface area (Å²) in [7, 11) is 0. The van der Waals surface area contributed by atoms with Gasteiger partial charge in [-0.05, 0) is 61.9 Å². The molecule has 0 bridgehead atoms. The first-order chi connectivity index (χ1) is 38.0. The Morgan fingerprint density at radius 3 is 2.23 bits per heavy atom. The molecule has 0 spiro atoms. The summed E-state index contributed by atoms with van der Waals surface area (Å²) in [5.74, 6) is -5.27. The maximum Gasteiger partial charge on any atom is 0.247 e. The number of benzene rings is 2. The van der Waals surface area contributed by atoms with Gasteiger partial charge in [-0.2, -0.15) is 0 Å². The highest BCUT2D eigenvalue weighted by molar-refractivity contribution is 8.00. The Morgan fingerprint density at radius 1 is 0.850 bits per heavy atom. The zero-order valence-electron chi connectivity index (χ0n) is 45.1. The molecule has 0 aliphatic carbocycles. The molecule has 0 unspecified atom stereocenters. The number of amides is 8. The number of carbonyl (C=O) groups is 8. The number of nitrogens with two attached hydrogens (primary N) is 1. The molecular weight excluding hydrogens is 1110 g/mol. The van der Waals surface area contributed by atoms with E-state index >= 15 is 0 Å². The van der Waals surface area contributed by atoms with Gasteiger partial charge in [0, 0.05) is 52.8 Å². The normalized spacial score (nSPS) is 23.7. The summed E-state index contributed by atoms with van der Waals surface area (Å²) >= 11 is 10.3. The average Bonchev–Trinajstić information content (AvgIpc) is 4.19. The molecule has 80 heavy (non-hydrogen) atoms. The molecule has 7 N–H and O–H groups in total. The van der Waals surface area contributed by atoms with Gasteiger partial charge < -0.3 is 46.8 Å². The molecule has 0 radical (unpaired) electrons. The van der Waals surface area contributed by atoms with Crippen molar-refractivity contribution in [2.45, 2.75) is 104 Å². The SMILES string of the molecule is Cc1ncsc1-c1ccc([C@H]2NC(=O)[C@@H]3C[C@@H](O)CN3C(=O)[C@H](C(C)(C)C)NC(=O)CSC[C@H](C(N)=O)NC(=O)[C@H]3CN(C(=O)C[C@@H]4N=C(c5ccc(Cl)cc5)c5c(sc(C)c5C)-n5c(C)nnc54)CCN3C(=O)CNC2=O)cc1. The van der Waals surface area contributed by atoms with Crippen molar-refractivity contribution in [1.29, 1.82) is 0 Å². The van der Waals surface area contributed by atoms with E-state index in [-0.39, 0.29) is 50.5 Å². The van der Waals surface area contributed by atoms with E-state index in [0.29, 0.717) is 27.9 Å². The minimum Gasteiger partial charge on any atom is -0.391 e. The Labute approximate surface area is 478 Å². The number of aliphatic imine (C=N–C) groups is 1. The Kier molecular flexibility index (Phi) is 17.0. The van der Waals surface area contributed by atoms with Gasteiger partial charge in [-0.25, -0.2) is 4.98 Å². The number of thioether (sulfide) groups is 1. The van der Waals surface area contributed by atoms with Crippen molar-refractivity contribution in [3.63, 3.8) is 0 Å². The topological polar surface area (TPSA) is 297 Å². The van der Waals surface area contributed by atoms with Gasteiger partial charge in [0.25, 0.3) is 0 Å². The summed E-state index contributed by atoms with van der Waals surface area (Å²) in [5.41, 5.74) is 11.8. The minimum atomic E-state index is -1.45. The second-order valence-electron chi connectivity index (χ2n) is 21.3. The molecular formula is C54H62ClN13O9S3. The lowest BCUT2D eigenvalue weighted by Crippen LogP contribution is -2.64. The fourth-order valence-electron chi connectivity index (χ4n) is 10.3. The number of aliphatic hydroxyl groups excluding tert-OH is 1. The lowest BCUT2D eigenvalue weighted by atomic mass is 9.85. The zero-order valence-corrected chi connectivity index (χ0v) is 48.3. The molecule has 3 fully saturated rings. The van der Waals surface area contributed by atoms with Gasteiger partial charge in [0.1, 0.15) is 47.1 Å². The van der Waals surface area contributed by atoms with Crippen LogP contribution in [0.5, 0.6) is 0 Å². The predicted molar refractivity (Wildman–Crippen MR) is 302 cm³/mol. The summed E-state index contributed by atoms with van der Waals surface area (Å²) in [5, 5.41) is 32.1. The molecule has 7 atom stereocenters. The third kappa shape index (κ3) is 12.0. The van der Waals surface area contributed by atoms with Crippen molar-refractivity contribution in [2.75, 3.05) is 44.2 Å². The number of piperazine rings is 1. The second-order valence-corrected chi connectivity index (χ2v) is 24.9. The highest BCUT2D eigenvalue weighted by atomic mass is 35.5. The number of rotatable bonds is 6. The third-order valence-corrected chi connectivity index (χ3v) is 18.2. The average molecular weight is 1170 g/mol. The largest absolute Gasteiger partial charge is 0.391 e. The van der Waals surface area contributed by atoms with E-state index in [4.69, 9.17) is 22.3 Å². The van der Waals surface area contributed by atoms with E-state index in [0.717, 1.165) is 54.5 Å². The summed E-state index contributed by atoms with van der Waals surface area (Å²) in [6.07, 6.45) is -1.51. The van der Waals surface area contributed by atoms with Crippen LogP contribution in [0.3, 0.4) is 0 Å². The number of thiophene rings is 1. The van der Waals surface area contributed by atoms with Crippen LogP contribution < -0.4 is 27.0 Å². The van der Waals surface area contributed by atoms with Crippen LogP contribution >= 0.6 is 46.0 Å². The Balaban J connectivity index is 1.03. The standard InChI is InChI=1S/C54H62ClN13O9S3/c1-26-28(3)80-53-42(26)43(30-12-14-33(55)15-13-30)59-35(48-64-63-29(4)68(48)53)19-40(71)65-16-17-66-38(22-65)50(75)60-36(47(56)73)23-78-24-39(70)61-46(54(5,6)7)52(77)67-21-34(69)18-37(67)49(74)62-44(51(76)57-20-41(66)72)31-8-10-32(11-9-31)45-27(2)58-25-79-45/h8-15,25,34-38,44,46,69H,16-24H2,1-7H3,(H2,56,73)(H,57,76)(H,60,75)(H,61,70)(H,62,74)/t34-,35+,36-,37+,38-,44-,46-/m1/s1. The van der Waals surface area contributed by atoms with E-state index in [1.54, 1.807) is 74.0 Å². The smallest absolute Gasteiger partial charge is 0.247 e. The minimum absolute atomic E-state index is 0.0490. The quantitative estimate of drug-likeness (QED) is 0.143. The zero-order chi connectivity index (χ0) is 57.5. The van der Waals surface area contributed by atoms with Crippen molar-refractivity contribution in [1.82, 2.24) is 55.7 Å². The molecule has 422 valence electrons. The molecule has 5 aromatic rings. The van der Waals surface area contributed by atoms with Crippen molar-refractivity contribution < 1.29 is 43.5 Å². The molecule has 26 heteroatoms. The van der Waals surface area contributed by atoms with Crippen LogP contribution in [0.1, 0.15) is 90.2 Å². The van der Waals surface area contributed by atoms with E-state index < -0.39 is 102 Å². The molecule has 0 saturated carbocycles. The van der Waals surface area contributed by atoms with Gasteiger partial charge in [0.05, 0.1) is 53.2 Å². The number of aromatic nitrogens is 4. The van der Waals surface area contributed by atoms with Gasteiger partial charge in [0.2, 0.25) is 47.3 Å². The predicted octanol–water partition coefficient (Wildman–Crippen LogP) is 2.84. The molecule has 2 aromatic carbocycles. The molecule has 8 amide bonds. The summed E-state index contributed by atoms with van der Waals surface area (Å²) in [6.45, 7) is 11.4. The van der Waals surface area contributed by atoms with Crippen LogP contribution in [0.2, 0.25) is 5.02 Å². The lowest BCUT2D eigenvalue weighted by molar-refractivity contribution is -0.149. The number of carbonyl (C=O) groups excluding carboxylic acids is 8. The Morgan fingerprint density at radius 2 is 1.55 bits per heavy atom. The van der Waals surface area contributed by atoms with Crippen LogP contribution in [0.4, 0.5) is 0 Å². The van der Waals surface area contributed by atoms with Crippen molar-refractivity contribution >= 4 is 99.0 Å². The number of nitrogens with one attached hydrogen (secondary N) is 4. The number of aryl methyl sites for hydroxylation is 3. The highest BCUT2D eigenvalue weighted by Crippen LogP contribution is 2.40. The Bertz CT molecular complexity index is 3300. The van der Waals surface area contributed by atoms with Gasteiger partial charge >= 0.3 is 0 Å². The van der Waals surface area contributed by atoms with E-state index in [1.165, 1.54) is 26.0 Å². The van der Waals surface area contributed by atoms with Crippen LogP contribution in [-0.2, 0) is 38.4 Å². The number of halogens is 1. The molecule has 9 rings (SSSR count). The maximum absolute atomic E-state index is 14.8. The monoisotopic (exact) mass is 1170 g/mol. The van der Waals surface area contributed by atoms with Crippen molar-refractivity contribution in [3.8, 4) is 15.4 Å². The molecule has 3 saturated heterocycles. The number of hydrogen-bond acceptors (Lipinski definition) is 16. The van der Waals surface area contributed by atoms with Crippen molar-refractivity contribution in [2.24, 2.45) is 16.1 Å². The van der Waals surface area contributed by atoms with Gasteiger partial charge in [-0.1, -0.05) is 68.8 Å². The molecule has 3 aromatic heterocycles.